The van der Waals surface area contributed by atoms with Crippen LogP contribution >= 0.6 is 0 Å². The Labute approximate surface area is 170 Å². The molecule has 3 aromatic rings. The van der Waals surface area contributed by atoms with E-state index in [9.17, 15) is 4.79 Å². The van der Waals surface area contributed by atoms with E-state index < -0.39 is 0 Å². The van der Waals surface area contributed by atoms with Gasteiger partial charge >= 0.3 is 0 Å². The number of aryl methyl sites for hydroxylation is 1. The number of benzene rings is 3. The van der Waals surface area contributed by atoms with Gasteiger partial charge in [-0.3, -0.25) is 4.79 Å². The summed E-state index contributed by atoms with van der Waals surface area (Å²) in [6, 6.07) is 24.9. The fourth-order valence-electron chi connectivity index (χ4n) is 3.38. The van der Waals surface area contributed by atoms with Crippen LogP contribution in [0, 0.1) is 6.92 Å². The predicted octanol–water partition coefficient (Wildman–Crippen LogP) is 3.08. The number of rotatable bonds is 6. The van der Waals surface area contributed by atoms with Crippen molar-refractivity contribution >= 4 is 11.6 Å². The average molecular weight is 389 g/mol. The smallest absolute Gasteiger partial charge is 0.287 e. The number of nitrogens with one attached hydrogen (secondary N) is 1. The Morgan fingerprint density at radius 3 is 2.45 bits per heavy atom. The Kier molecular flexibility index (Phi) is 5.77. The quantitative estimate of drug-likeness (QED) is 0.681. The van der Waals surface area contributed by atoms with Crippen LogP contribution in [0.1, 0.15) is 17.2 Å². The van der Waals surface area contributed by atoms with Crippen LogP contribution in [0.25, 0.3) is 0 Å². The van der Waals surface area contributed by atoms with Crippen molar-refractivity contribution in [3.63, 3.8) is 0 Å². The van der Waals surface area contributed by atoms with Crippen molar-refractivity contribution in [2.45, 2.75) is 19.1 Å². The Hall–Kier alpha value is -3.31. The molecule has 5 heteroatoms. The highest BCUT2D eigenvalue weighted by Gasteiger charge is 2.28. The fraction of sp³-hybridized carbons (Fsp3) is 0.208. The van der Waals surface area contributed by atoms with Crippen molar-refractivity contribution in [1.82, 2.24) is 0 Å². The highest BCUT2D eigenvalue weighted by Crippen LogP contribution is 2.30. The summed E-state index contributed by atoms with van der Waals surface area (Å²) in [6.45, 7) is 3.10. The second-order valence-electron chi connectivity index (χ2n) is 7.21. The number of nitrogens with two attached hydrogens (primary N) is 1. The lowest BCUT2D eigenvalue weighted by atomic mass is 10.1. The number of fused-ring (bicyclic) bond motifs is 1. The molecule has 3 N–H and O–H groups in total. The van der Waals surface area contributed by atoms with Crippen molar-refractivity contribution in [1.29, 1.82) is 0 Å². The van der Waals surface area contributed by atoms with E-state index in [1.54, 1.807) is 0 Å². The minimum atomic E-state index is -0.377. The Bertz CT molecular complexity index is 957. The molecule has 148 valence electrons. The molecule has 0 saturated heterocycles. The third-order valence-electron chi connectivity index (χ3n) is 4.96. The van der Waals surface area contributed by atoms with Gasteiger partial charge in [0.15, 0.2) is 23.6 Å². The topological polar surface area (TPSA) is 64.2 Å². The molecular weight excluding hydrogens is 364 g/mol. The van der Waals surface area contributed by atoms with E-state index in [2.05, 4.69) is 5.32 Å². The second-order valence-corrected chi connectivity index (χ2v) is 7.21. The first kappa shape index (κ1) is 19.0. The molecule has 1 amide bonds. The maximum absolute atomic E-state index is 13.1. The zero-order valence-corrected chi connectivity index (χ0v) is 16.4. The van der Waals surface area contributed by atoms with Crippen molar-refractivity contribution in [2.75, 3.05) is 18.5 Å². The molecule has 1 aliphatic rings. The van der Waals surface area contributed by atoms with E-state index in [0.717, 1.165) is 28.3 Å². The highest BCUT2D eigenvalue weighted by atomic mass is 16.6. The number of anilines is 1. The molecule has 0 aliphatic carbocycles. The summed E-state index contributed by atoms with van der Waals surface area (Å²) in [5, 5.41) is 5.04. The number of quaternary nitrogens is 1. The lowest BCUT2D eigenvalue weighted by molar-refractivity contribution is -0.687. The van der Waals surface area contributed by atoms with Crippen LogP contribution in [0.5, 0.6) is 11.5 Å². The molecule has 29 heavy (non-hydrogen) atoms. The number of amides is 1. The van der Waals surface area contributed by atoms with Crippen molar-refractivity contribution < 1.29 is 19.6 Å². The lowest BCUT2D eigenvalue weighted by Crippen LogP contribution is -2.89. The fourth-order valence-corrected chi connectivity index (χ4v) is 3.38. The van der Waals surface area contributed by atoms with Gasteiger partial charge < -0.3 is 20.1 Å². The molecule has 0 unspecified atom stereocenters. The molecular formula is C24H25N2O3+. The van der Waals surface area contributed by atoms with Gasteiger partial charge in [0.25, 0.3) is 5.91 Å². The first-order chi connectivity index (χ1) is 14.2. The van der Waals surface area contributed by atoms with Gasteiger partial charge in [-0.15, -0.1) is 0 Å². The van der Waals surface area contributed by atoms with Gasteiger partial charge in [0.05, 0.1) is 0 Å². The van der Waals surface area contributed by atoms with Gasteiger partial charge in [0, 0.05) is 11.3 Å². The van der Waals surface area contributed by atoms with Crippen LogP contribution < -0.4 is 20.1 Å². The van der Waals surface area contributed by atoms with Gasteiger partial charge in [-0.2, -0.15) is 0 Å². The molecule has 0 aromatic heterocycles. The van der Waals surface area contributed by atoms with Crippen molar-refractivity contribution in [2.24, 2.45) is 0 Å². The summed E-state index contributed by atoms with van der Waals surface area (Å²) < 4.78 is 11.8. The molecule has 0 saturated carbocycles. The predicted molar refractivity (Wildman–Crippen MR) is 112 cm³/mol. The van der Waals surface area contributed by atoms with Crippen LogP contribution in [0.4, 0.5) is 5.69 Å². The summed E-state index contributed by atoms with van der Waals surface area (Å²) in [5.41, 5.74) is 2.90. The van der Waals surface area contributed by atoms with E-state index in [0.29, 0.717) is 13.2 Å². The number of carbonyl (C=O) groups is 1. The monoisotopic (exact) mass is 389 g/mol. The third kappa shape index (κ3) is 4.76. The van der Waals surface area contributed by atoms with Crippen LogP contribution in [0.2, 0.25) is 0 Å². The maximum atomic E-state index is 13.1. The first-order valence-electron chi connectivity index (χ1n) is 9.83. The Morgan fingerprint density at radius 1 is 1.00 bits per heavy atom. The Morgan fingerprint density at radius 2 is 1.69 bits per heavy atom. The summed E-state index contributed by atoms with van der Waals surface area (Å²) in [4.78, 5) is 13.1. The van der Waals surface area contributed by atoms with E-state index in [-0.39, 0.29) is 18.1 Å². The van der Waals surface area contributed by atoms with Crippen LogP contribution in [-0.4, -0.2) is 25.2 Å². The number of hydrogen-bond donors (Lipinski definition) is 2. The average Bonchev–Trinajstić information content (AvgIpc) is 2.76. The van der Waals surface area contributed by atoms with E-state index in [4.69, 9.17) is 9.47 Å². The summed E-state index contributed by atoms with van der Waals surface area (Å²) in [6.07, 6.45) is -0.122. The largest absolute Gasteiger partial charge is 0.486 e. The maximum Gasteiger partial charge on any atom is 0.287 e. The highest BCUT2D eigenvalue weighted by molar-refractivity contribution is 5.94. The zero-order chi connectivity index (χ0) is 20.1. The molecule has 5 nitrogen and oxygen atoms in total. The molecule has 2 atom stereocenters. The molecule has 1 heterocycles. The van der Waals surface area contributed by atoms with Crippen molar-refractivity contribution in [3.8, 4) is 11.5 Å². The Balaban J connectivity index is 1.45. The first-order valence-corrected chi connectivity index (χ1v) is 9.83. The summed E-state index contributed by atoms with van der Waals surface area (Å²) in [5.74, 6) is 1.45. The van der Waals surface area contributed by atoms with E-state index in [1.807, 2.05) is 91.1 Å². The van der Waals surface area contributed by atoms with Gasteiger partial charge in [0.1, 0.15) is 13.2 Å². The van der Waals surface area contributed by atoms with Crippen LogP contribution in [-0.2, 0) is 4.79 Å². The molecule has 3 aromatic carbocycles. The van der Waals surface area contributed by atoms with Gasteiger partial charge in [-0.05, 0) is 31.2 Å². The zero-order valence-electron chi connectivity index (χ0n) is 16.4. The minimum Gasteiger partial charge on any atom is -0.486 e. The van der Waals surface area contributed by atoms with Gasteiger partial charge in [0.2, 0.25) is 0 Å². The number of para-hydroxylation sites is 2. The van der Waals surface area contributed by atoms with Crippen molar-refractivity contribution in [3.05, 3.63) is 90.0 Å². The van der Waals surface area contributed by atoms with E-state index >= 15 is 0 Å². The third-order valence-corrected chi connectivity index (χ3v) is 4.96. The van der Waals surface area contributed by atoms with Gasteiger partial charge in [-0.25, -0.2) is 0 Å². The number of carbonyl (C=O) groups excluding carboxylic acids is 1. The standard InChI is InChI=1S/C24H24N2O3/c1-17-11-13-19(14-12-17)26-24(27)23(18-7-3-2-4-8-18)25-15-20-16-28-21-9-5-6-10-22(21)29-20/h2-14,20,23,25H,15-16H2,1H3,(H,26,27)/p+1/t20-,23-/m0/s1. The minimum absolute atomic E-state index is 0.0582. The molecule has 0 fully saturated rings. The summed E-state index contributed by atoms with van der Waals surface area (Å²) >= 11 is 0. The molecule has 0 bridgehead atoms. The second kappa shape index (κ2) is 8.80. The lowest BCUT2D eigenvalue weighted by Gasteiger charge is -2.26. The molecule has 4 rings (SSSR count). The molecule has 1 aliphatic heterocycles. The molecule has 0 radical (unpaired) electrons. The van der Waals surface area contributed by atoms with Crippen LogP contribution in [0.3, 0.4) is 0 Å². The summed E-state index contributed by atoms with van der Waals surface area (Å²) in [7, 11) is 0. The van der Waals surface area contributed by atoms with Gasteiger partial charge in [-0.1, -0.05) is 60.2 Å². The number of ether oxygens (including phenoxy) is 2. The van der Waals surface area contributed by atoms with Crippen LogP contribution in [0.15, 0.2) is 78.9 Å². The SMILES string of the molecule is Cc1ccc(NC(=O)[C@@H]([NH2+]C[C@H]2COc3ccccc3O2)c2ccccc2)cc1. The molecule has 0 spiro atoms. The van der Waals surface area contributed by atoms with E-state index in [1.165, 1.54) is 0 Å². The normalized spacial score (nSPS) is 16.1. The number of hydrogen-bond acceptors (Lipinski definition) is 3.